The summed E-state index contributed by atoms with van der Waals surface area (Å²) in [6.45, 7) is 12.3. The highest BCUT2D eigenvalue weighted by atomic mass is 32.2. The molecule has 1 aromatic rings. The molecule has 2 saturated heterocycles. The first-order chi connectivity index (χ1) is 20.1. The smallest absolute Gasteiger partial charge is 0.246 e. The topological polar surface area (TPSA) is 94.7 Å². The lowest BCUT2D eigenvalue weighted by Gasteiger charge is -2.42. The van der Waals surface area contributed by atoms with Crippen molar-refractivity contribution in [2.75, 3.05) is 86.8 Å². The van der Waals surface area contributed by atoms with Gasteiger partial charge >= 0.3 is 0 Å². The van der Waals surface area contributed by atoms with Crippen LogP contribution in [0.5, 0.6) is 5.75 Å². The first kappa shape index (κ1) is 33.1. The van der Waals surface area contributed by atoms with Gasteiger partial charge in [0, 0.05) is 58.4 Å². The molecule has 10 nitrogen and oxygen atoms in total. The number of ether oxygens (including phenoxy) is 2. The van der Waals surface area contributed by atoms with Gasteiger partial charge in [-0.05, 0) is 102 Å². The lowest BCUT2D eigenvalue weighted by Crippen LogP contribution is -2.49. The first-order valence-electron chi connectivity index (χ1n) is 15.7. The number of rotatable bonds is 12. The molecule has 1 aliphatic carbocycles. The highest BCUT2D eigenvalue weighted by Gasteiger charge is 2.31. The van der Waals surface area contributed by atoms with E-state index < -0.39 is 10.0 Å². The van der Waals surface area contributed by atoms with Gasteiger partial charge in [-0.25, -0.2) is 8.42 Å². The van der Waals surface area contributed by atoms with E-state index >= 15 is 0 Å². The molecular formula is C31H53N5O5S. The molecule has 1 N–H and O–H groups in total. The minimum absolute atomic E-state index is 0.0603. The molecule has 0 bridgehead atoms. The molecule has 0 unspecified atom stereocenters. The number of likely N-dealkylation sites (N-methyl/N-ethyl adjacent to an activating group) is 2. The van der Waals surface area contributed by atoms with Crippen molar-refractivity contribution in [1.29, 1.82) is 0 Å². The van der Waals surface area contributed by atoms with Crippen LogP contribution in [-0.4, -0.2) is 132 Å². The molecule has 0 atom stereocenters. The first-order valence-corrected chi connectivity index (χ1v) is 17.1. The van der Waals surface area contributed by atoms with Gasteiger partial charge < -0.3 is 29.5 Å². The van der Waals surface area contributed by atoms with Crippen LogP contribution in [0.1, 0.15) is 49.7 Å². The van der Waals surface area contributed by atoms with Crippen molar-refractivity contribution >= 4 is 15.9 Å². The van der Waals surface area contributed by atoms with Gasteiger partial charge in [0.1, 0.15) is 12.4 Å². The molecule has 0 radical (unpaired) electrons. The molecule has 3 fully saturated rings. The van der Waals surface area contributed by atoms with Crippen LogP contribution in [-0.2, 0) is 19.6 Å². The van der Waals surface area contributed by atoms with Crippen LogP contribution in [0.3, 0.4) is 0 Å². The fourth-order valence-electron chi connectivity index (χ4n) is 6.82. The average Bonchev–Trinajstić information content (AvgIpc) is 2.96. The van der Waals surface area contributed by atoms with Crippen molar-refractivity contribution in [1.82, 2.24) is 24.3 Å². The summed E-state index contributed by atoms with van der Waals surface area (Å²) in [5, 5.41) is 3.13. The van der Waals surface area contributed by atoms with E-state index in [1.807, 2.05) is 0 Å². The third-order valence-corrected chi connectivity index (χ3v) is 11.6. The molecule has 4 rings (SSSR count). The van der Waals surface area contributed by atoms with Gasteiger partial charge in [-0.1, -0.05) is 0 Å². The van der Waals surface area contributed by atoms with Gasteiger partial charge in [-0.2, -0.15) is 4.31 Å². The molecular weight excluding hydrogens is 554 g/mol. The maximum atomic E-state index is 13.2. The number of piperidine rings is 1. The Balaban J connectivity index is 1.10. The Morgan fingerprint density at radius 1 is 0.976 bits per heavy atom. The summed E-state index contributed by atoms with van der Waals surface area (Å²) in [4.78, 5) is 20.6. The maximum Gasteiger partial charge on any atom is 0.246 e. The number of likely N-dealkylation sites (tertiary alicyclic amines) is 1. The largest absolute Gasteiger partial charge is 0.497 e. The number of benzene rings is 1. The molecule has 0 spiro atoms. The molecule has 3 aliphatic rings. The predicted octanol–water partition coefficient (Wildman–Crippen LogP) is 2.34. The highest BCUT2D eigenvalue weighted by molar-refractivity contribution is 7.89. The number of nitrogens with zero attached hydrogens (tertiary/aromatic N) is 4. The van der Waals surface area contributed by atoms with E-state index in [2.05, 4.69) is 27.1 Å². The van der Waals surface area contributed by atoms with Gasteiger partial charge in [0.05, 0.1) is 18.6 Å². The van der Waals surface area contributed by atoms with Crippen LogP contribution in [0, 0.1) is 19.8 Å². The van der Waals surface area contributed by atoms with Crippen molar-refractivity contribution in [3.05, 3.63) is 23.3 Å². The molecule has 2 heterocycles. The number of nitrogens with one attached hydrogen (secondary N) is 1. The van der Waals surface area contributed by atoms with Crippen molar-refractivity contribution in [2.24, 2.45) is 5.92 Å². The number of piperazine rings is 1. The zero-order valence-corrected chi connectivity index (χ0v) is 27.3. The van der Waals surface area contributed by atoms with Crippen LogP contribution in [0.4, 0.5) is 0 Å². The lowest BCUT2D eigenvalue weighted by molar-refractivity contribution is -0.126. The standard InChI is InChI=1S/C31H53N5O5S/c1-24-20-29(40-5)21-25(2)31(24)42(38,39)34(4)18-19-41-23-30(37)32-27-6-8-28(9-7-27)36-12-10-26(11-13-36)22-35-16-14-33(3)15-17-35/h20-21,26-28H,6-19,22-23H2,1-5H3,(H,32,37). The number of carbonyl (C=O) groups excluding carboxylic acids is 1. The van der Waals surface area contributed by atoms with E-state index in [0.29, 0.717) is 22.9 Å². The minimum Gasteiger partial charge on any atom is -0.497 e. The summed E-state index contributed by atoms with van der Waals surface area (Å²) in [6.07, 6.45) is 6.86. The van der Waals surface area contributed by atoms with E-state index in [0.717, 1.165) is 31.6 Å². The van der Waals surface area contributed by atoms with Gasteiger partial charge in [0.15, 0.2) is 0 Å². The summed E-state index contributed by atoms with van der Waals surface area (Å²) in [5.41, 5.74) is 1.28. The molecule has 238 valence electrons. The number of sulfonamides is 1. The van der Waals surface area contributed by atoms with Crippen molar-refractivity contribution in [3.8, 4) is 5.75 Å². The zero-order chi connectivity index (χ0) is 30.3. The molecule has 1 amide bonds. The Hall–Kier alpha value is -1.76. The third-order valence-electron chi connectivity index (χ3n) is 9.46. The number of hydrogen-bond acceptors (Lipinski definition) is 8. The lowest BCUT2D eigenvalue weighted by atomic mass is 9.87. The Bertz CT molecular complexity index is 1100. The van der Waals surface area contributed by atoms with Crippen LogP contribution < -0.4 is 10.1 Å². The van der Waals surface area contributed by atoms with Crippen molar-refractivity contribution in [2.45, 2.75) is 69.4 Å². The normalized spacial score (nSPS) is 23.8. The maximum absolute atomic E-state index is 13.2. The molecule has 42 heavy (non-hydrogen) atoms. The van der Waals surface area contributed by atoms with Crippen LogP contribution >= 0.6 is 0 Å². The number of aryl methyl sites for hydroxylation is 2. The van der Waals surface area contributed by atoms with E-state index in [1.165, 1.54) is 70.0 Å². The average molecular weight is 608 g/mol. The molecule has 11 heteroatoms. The van der Waals surface area contributed by atoms with Crippen LogP contribution in [0.25, 0.3) is 0 Å². The predicted molar refractivity (Wildman–Crippen MR) is 166 cm³/mol. The van der Waals surface area contributed by atoms with Crippen molar-refractivity contribution < 1.29 is 22.7 Å². The summed E-state index contributed by atoms with van der Waals surface area (Å²) in [6, 6.07) is 4.27. The van der Waals surface area contributed by atoms with Gasteiger partial charge in [0.25, 0.3) is 0 Å². The van der Waals surface area contributed by atoms with E-state index in [-0.39, 0.29) is 36.6 Å². The monoisotopic (exact) mass is 607 g/mol. The van der Waals surface area contributed by atoms with E-state index in [4.69, 9.17) is 9.47 Å². The highest BCUT2D eigenvalue weighted by Crippen LogP contribution is 2.29. The van der Waals surface area contributed by atoms with E-state index in [1.54, 1.807) is 33.1 Å². The second-order valence-electron chi connectivity index (χ2n) is 12.6. The van der Waals surface area contributed by atoms with Gasteiger partial charge in [0.2, 0.25) is 15.9 Å². The summed E-state index contributed by atoms with van der Waals surface area (Å²) in [7, 11) is 1.63. The van der Waals surface area contributed by atoms with Crippen LogP contribution in [0.2, 0.25) is 0 Å². The quantitative estimate of drug-likeness (QED) is 0.362. The summed E-state index contributed by atoms with van der Waals surface area (Å²) in [5.74, 6) is 1.33. The summed E-state index contributed by atoms with van der Waals surface area (Å²) >= 11 is 0. The van der Waals surface area contributed by atoms with E-state index in [9.17, 15) is 13.2 Å². The number of carbonyl (C=O) groups is 1. The Kier molecular flexibility index (Phi) is 12.1. The molecule has 0 aromatic heterocycles. The number of amides is 1. The molecule has 2 aliphatic heterocycles. The second kappa shape index (κ2) is 15.3. The fraction of sp³-hybridized carbons (Fsp3) is 0.774. The van der Waals surface area contributed by atoms with Crippen LogP contribution in [0.15, 0.2) is 17.0 Å². The Labute approximate surface area is 253 Å². The van der Waals surface area contributed by atoms with Crippen molar-refractivity contribution in [3.63, 3.8) is 0 Å². The van der Waals surface area contributed by atoms with Gasteiger partial charge in [-0.3, -0.25) is 4.79 Å². The Morgan fingerprint density at radius 2 is 1.60 bits per heavy atom. The molecule has 1 saturated carbocycles. The molecule has 1 aromatic carbocycles. The van der Waals surface area contributed by atoms with Gasteiger partial charge in [-0.15, -0.1) is 0 Å². The minimum atomic E-state index is -3.69. The number of methoxy groups -OCH3 is 1. The Morgan fingerprint density at radius 3 is 2.19 bits per heavy atom. The second-order valence-corrected chi connectivity index (χ2v) is 14.6. The third kappa shape index (κ3) is 8.89. The number of hydrogen-bond donors (Lipinski definition) is 1. The SMILES string of the molecule is COc1cc(C)c(S(=O)(=O)N(C)CCOCC(=O)NC2CCC(N3CCC(CN4CCN(C)CC4)CC3)CC2)c(C)c1. The zero-order valence-electron chi connectivity index (χ0n) is 26.4. The fourth-order valence-corrected chi connectivity index (χ4v) is 8.38. The summed E-state index contributed by atoms with van der Waals surface area (Å²) < 4.78 is 38.4.